The van der Waals surface area contributed by atoms with E-state index in [1.165, 1.54) is 18.2 Å². The fourth-order valence-corrected chi connectivity index (χ4v) is 2.80. The Labute approximate surface area is 158 Å². The third-order valence-electron chi connectivity index (χ3n) is 3.05. The lowest BCUT2D eigenvalue weighted by atomic mass is 10.2. The van der Waals surface area contributed by atoms with Gasteiger partial charge in [0, 0.05) is 11.6 Å². The summed E-state index contributed by atoms with van der Waals surface area (Å²) in [5.74, 6) is -0.0702. The molecule has 2 aromatic rings. The fraction of sp³-hybridized carbons (Fsp3) is 0.167. The number of rotatable bonds is 6. The van der Waals surface area contributed by atoms with Crippen molar-refractivity contribution in [3.8, 4) is 5.75 Å². The Bertz CT molecular complexity index is 762. The second-order valence-corrected chi connectivity index (χ2v) is 6.37. The average Bonchev–Trinajstić information content (AvgIpc) is 2.54. The van der Waals surface area contributed by atoms with Crippen LogP contribution in [0.5, 0.6) is 5.75 Å². The summed E-state index contributed by atoms with van der Waals surface area (Å²) in [7, 11) is 0. The van der Waals surface area contributed by atoms with Gasteiger partial charge in [-0.25, -0.2) is 9.18 Å². The molecule has 0 aliphatic rings. The number of carbonyl (C=O) groups is 1. The molecule has 2 rings (SSSR count). The third-order valence-corrected chi connectivity index (χ3v) is 4.25. The van der Waals surface area contributed by atoms with E-state index in [9.17, 15) is 9.18 Å². The van der Waals surface area contributed by atoms with Gasteiger partial charge in [-0.1, -0.05) is 23.7 Å². The lowest BCUT2D eigenvalue weighted by Crippen LogP contribution is -1.99. The smallest absolute Gasteiger partial charge is 0.330 e. The molecule has 126 valence electrons. The van der Waals surface area contributed by atoms with E-state index in [0.29, 0.717) is 22.9 Å². The largest absolute Gasteiger partial charge is 0.488 e. The van der Waals surface area contributed by atoms with Crippen LogP contribution in [-0.2, 0) is 16.1 Å². The van der Waals surface area contributed by atoms with Gasteiger partial charge in [0.05, 0.1) is 15.2 Å². The molecule has 0 saturated carbocycles. The van der Waals surface area contributed by atoms with E-state index in [2.05, 4.69) is 22.6 Å². The lowest BCUT2D eigenvalue weighted by Gasteiger charge is -2.10. The molecule has 0 unspecified atom stereocenters. The van der Waals surface area contributed by atoms with Crippen molar-refractivity contribution >= 4 is 46.2 Å². The predicted octanol–water partition coefficient (Wildman–Crippen LogP) is 5.24. The summed E-state index contributed by atoms with van der Waals surface area (Å²) in [5.41, 5.74) is 1.57. The molecule has 0 atom stereocenters. The molecular weight excluding hydrogens is 446 g/mol. The summed E-state index contributed by atoms with van der Waals surface area (Å²) in [6.07, 6.45) is 3.06. The van der Waals surface area contributed by atoms with E-state index >= 15 is 0 Å². The average molecular weight is 461 g/mol. The van der Waals surface area contributed by atoms with Gasteiger partial charge in [-0.15, -0.1) is 0 Å². The van der Waals surface area contributed by atoms with Gasteiger partial charge < -0.3 is 9.47 Å². The molecule has 0 spiro atoms. The first-order valence-electron chi connectivity index (χ1n) is 7.20. The maximum atomic E-state index is 13.0. The highest BCUT2D eigenvalue weighted by molar-refractivity contribution is 14.1. The van der Waals surface area contributed by atoms with Gasteiger partial charge in [-0.05, 0) is 65.4 Å². The molecule has 2 aromatic carbocycles. The summed E-state index contributed by atoms with van der Waals surface area (Å²) < 4.78 is 24.5. The zero-order valence-electron chi connectivity index (χ0n) is 12.9. The van der Waals surface area contributed by atoms with Gasteiger partial charge in [-0.2, -0.15) is 0 Å². The normalized spacial score (nSPS) is 10.8. The number of hydrogen-bond donors (Lipinski definition) is 0. The van der Waals surface area contributed by atoms with Crippen LogP contribution in [0.25, 0.3) is 6.08 Å². The highest BCUT2D eigenvalue weighted by Gasteiger charge is 2.06. The van der Waals surface area contributed by atoms with Crippen LogP contribution in [0.3, 0.4) is 0 Å². The zero-order valence-corrected chi connectivity index (χ0v) is 15.8. The van der Waals surface area contributed by atoms with E-state index in [1.807, 2.05) is 18.2 Å². The van der Waals surface area contributed by atoms with Crippen molar-refractivity contribution in [2.45, 2.75) is 13.5 Å². The Balaban J connectivity index is 2.03. The maximum absolute atomic E-state index is 13.0. The van der Waals surface area contributed by atoms with Crippen molar-refractivity contribution in [2.24, 2.45) is 0 Å². The van der Waals surface area contributed by atoms with Gasteiger partial charge in [0.2, 0.25) is 0 Å². The van der Waals surface area contributed by atoms with Gasteiger partial charge in [0.25, 0.3) is 0 Å². The number of hydrogen-bond acceptors (Lipinski definition) is 3. The van der Waals surface area contributed by atoms with E-state index in [0.717, 1.165) is 9.13 Å². The van der Waals surface area contributed by atoms with Gasteiger partial charge in [-0.3, -0.25) is 0 Å². The van der Waals surface area contributed by atoms with Crippen molar-refractivity contribution in [2.75, 3.05) is 6.61 Å². The van der Waals surface area contributed by atoms with E-state index in [1.54, 1.807) is 19.1 Å². The van der Waals surface area contributed by atoms with Gasteiger partial charge >= 0.3 is 5.97 Å². The molecule has 0 heterocycles. The van der Waals surface area contributed by atoms with Crippen LogP contribution in [0, 0.1) is 9.39 Å². The molecule has 0 amide bonds. The maximum Gasteiger partial charge on any atom is 0.330 e. The number of benzene rings is 2. The number of halogens is 3. The Morgan fingerprint density at radius 1 is 1.29 bits per heavy atom. The molecule has 0 aromatic heterocycles. The van der Waals surface area contributed by atoms with Crippen molar-refractivity contribution < 1.29 is 18.7 Å². The molecule has 0 N–H and O–H groups in total. The van der Waals surface area contributed by atoms with Crippen LogP contribution in [0.15, 0.2) is 42.5 Å². The van der Waals surface area contributed by atoms with E-state index < -0.39 is 0 Å². The van der Waals surface area contributed by atoms with E-state index in [4.69, 9.17) is 21.1 Å². The minimum atomic E-state index is -0.379. The molecular formula is C18H15ClFIO3. The molecule has 24 heavy (non-hydrogen) atoms. The highest BCUT2D eigenvalue weighted by Crippen LogP contribution is 2.25. The molecule has 0 aliphatic heterocycles. The minimum Gasteiger partial charge on any atom is -0.488 e. The summed E-state index contributed by atoms with van der Waals surface area (Å²) in [5, 5.41) is 0.332. The van der Waals surface area contributed by atoms with Crippen molar-refractivity contribution in [3.63, 3.8) is 0 Å². The summed E-state index contributed by atoms with van der Waals surface area (Å²) in [4.78, 5) is 11.3. The van der Waals surface area contributed by atoms with Gasteiger partial charge in [0.15, 0.2) is 0 Å². The Kier molecular flexibility index (Phi) is 7.05. The molecule has 0 radical (unpaired) electrons. The Morgan fingerprint density at radius 2 is 2.08 bits per heavy atom. The van der Waals surface area contributed by atoms with E-state index in [-0.39, 0.29) is 18.4 Å². The lowest BCUT2D eigenvalue weighted by molar-refractivity contribution is -0.137. The molecule has 3 nitrogen and oxygen atoms in total. The van der Waals surface area contributed by atoms with Crippen LogP contribution in [0.1, 0.15) is 18.1 Å². The number of carbonyl (C=O) groups excluding carboxylic acids is 1. The molecule has 0 fully saturated rings. The first kappa shape index (κ1) is 18.7. The number of ether oxygens (including phenoxy) is 2. The zero-order chi connectivity index (χ0) is 17.5. The fourth-order valence-electron chi connectivity index (χ4n) is 1.89. The minimum absolute atomic E-state index is 0.243. The first-order valence-corrected chi connectivity index (χ1v) is 8.66. The van der Waals surface area contributed by atoms with Crippen molar-refractivity contribution in [3.05, 3.63) is 68.0 Å². The molecule has 0 aliphatic carbocycles. The monoisotopic (exact) mass is 460 g/mol. The van der Waals surface area contributed by atoms with Crippen LogP contribution in [0.4, 0.5) is 4.39 Å². The van der Waals surface area contributed by atoms with Crippen LogP contribution >= 0.6 is 34.2 Å². The summed E-state index contributed by atoms with van der Waals surface area (Å²) in [6, 6.07) is 9.73. The molecule has 0 bridgehead atoms. The summed E-state index contributed by atoms with van der Waals surface area (Å²) in [6.45, 7) is 2.35. The standard InChI is InChI=1S/C18H15ClFIO3/c1-2-23-18(22)8-4-12-3-7-17(16(21)9-12)24-11-13-5-6-14(20)10-15(13)19/h3-10H,2,11H2,1H3/b8-4+. The second-order valence-electron chi connectivity index (χ2n) is 4.80. The van der Waals surface area contributed by atoms with Crippen molar-refractivity contribution in [1.29, 1.82) is 0 Å². The van der Waals surface area contributed by atoms with Crippen LogP contribution < -0.4 is 4.74 Å². The predicted molar refractivity (Wildman–Crippen MR) is 101 cm³/mol. The highest BCUT2D eigenvalue weighted by atomic mass is 127. The Hall–Kier alpha value is -1.60. The first-order chi connectivity index (χ1) is 11.5. The number of esters is 1. The quantitative estimate of drug-likeness (QED) is 0.336. The third kappa shape index (κ3) is 5.49. The topological polar surface area (TPSA) is 35.5 Å². The summed E-state index contributed by atoms with van der Waals surface area (Å²) >= 11 is 8.13. The van der Waals surface area contributed by atoms with Gasteiger partial charge in [0.1, 0.15) is 18.2 Å². The van der Waals surface area contributed by atoms with Crippen molar-refractivity contribution in [1.82, 2.24) is 0 Å². The van der Waals surface area contributed by atoms with Crippen LogP contribution in [-0.4, -0.2) is 12.6 Å². The SMILES string of the molecule is CCOC(=O)/C=C/c1ccc(OCc2ccc(F)cc2Cl)c(I)c1. The molecule has 0 saturated heterocycles. The Morgan fingerprint density at radius 3 is 2.75 bits per heavy atom. The molecule has 6 heteroatoms. The second kappa shape index (κ2) is 9.03. The van der Waals surface area contributed by atoms with Crippen LogP contribution in [0.2, 0.25) is 5.02 Å².